The summed E-state index contributed by atoms with van der Waals surface area (Å²) < 4.78 is 40.1. The number of hydrogen-bond donors (Lipinski definition) is 0. The van der Waals surface area contributed by atoms with E-state index >= 15 is 0 Å². The highest BCUT2D eigenvalue weighted by Gasteiger charge is 2.05. The second kappa shape index (κ2) is 7.31. The Labute approximate surface area is 119 Å². The SMILES string of the molecule is O=S(=O)(Cl)CCCCCOc1ccc(F)cc1Br. The average molecular weight is 360 g/mol. The van der Waals surface area contributed by atoms with E-state index in [1.54, 1.807) is 6.07 Å². The fourth-order valence-corrected chi connectivity index (χ4v) is 2.67. The van der Waals surface area contributed by atoms with Crippen molar-refractivity contribution < 1.29 is 17.5 Å². The van der Waals surface area contributed by atoms with Crippen molar-refractivity contribution in [1.82, 2.24) is 0 Å². The van der Waals surface area contributed by atoms with Crippen LogP contribution in [0.1, 0.15) is 19.3 Å². The molecule has 0 aromatic heterocycles. The summed E-state index contributed by atoms with van der Waals surface area (Å²) in [6.07, 6.45) is 1.95. The molecule has 102 valence electrons. The Morgan fingerprint density at radius 2 is 2.00 bits per heavy atom. The summed E-state index contributed by atoms with van der Waals surface area (Å²) in [5, 5.41) is 0. The van der Waals surface area contributed by atoms with Gasteiger partial charge in [-0.3, -0.25) is 0 Å². The molecule has 1 aromatic rings. The Morgan fingerprint density at radius 3 is 2.61 bits per heavy atom. The molecule has 0 saturated carbocycles. The van der Waals surface area contributed by atoms with Gasteiger partial charge in [-0.2, -0.15) is 0 Å². The third-order valence-corrected chi connectivity index (χ3v) is 4.04. The van der Waals surface area contributed by atoms with E-state index in [1.165, 1.54) is 12.1 Å². The highest BCUT2D eigenvalue weighted by molar-refractivity contribution is 9.10. The molecule has 3 nitrogen and oxygen atoms in total. The van der Waals surface area contributed by atoms with Gasteiger partial charge in [-0.1, -0.05) is 0 Å². The molecule has 0 spiro atoms. The predicted octanol–water partition coefficient (Wildman–Crippen LogP) is 3.71. The topological polar surface area (TPSA) is 43.4 Å². The molecule has 18 heavy (non-hydrogen) atoms. The van der Waals surface area contributed by atoms with Crippen molar-refractivity contribution in [3.05, 3.63) is 28.5 Å². The van der Waals surface area contributed by atoms with Crippen LogP contribution in [0.4, 0.5) is 4.39 Å². The van der Waals surface area contributed by atoms with Gasteiger partial charge in [0.2, 0.25) is 9.05 Å². The van der Waals surface area contributed by atoms with Gasteiger partial charge in [0.1, 0.15) is 11.6 Å². The molecule has 0 aliphatic carbocycles. The fraction of sp³-hybridized carbons (Fsp3) is 0.455. The molecule has 0 heterocycles. The summed E-state index contributed by atoms with van der Waals surface area (Å²) in [6, 6.07) is 4.19. The van der Waals surface area contributed by atoms with Crippen LogP contribution in [0.3, 0.4) is 0 Å². The van der Waals surface area contributed by atoms with Gasteiger partial charge in [0.05, 0.1) is 16.8 Å². The van der Waals surface area contributed by atoms with E-state index in [2.05, 4.69) is 15.9 Å². The van der Waals surface area contributed by atoms with Gasteiger partial charge in [-0.15, -0.1) is 0 Å². The zero-order valence-corrected chi connectivity index (χ0v) is 12.7. The summed E-state index contributed by atoms with van der Waals surface area (Å²) in [5.74, 6) is 0.220. The first kappa shape index (κ1) is 15.7. The van der Waals surface area contributed by atoms with Gasteiger partial charge in [0, 0.05) is 10.7 Å². The number of unbranched alkanes of at least 4 members (excludes halogenated alkanes) is 2. The van der Waals surface area contributed by atoms with Gasteiger partial charge in [0.15, 0.2) is 0 Å². The summed E-state index contributed by atoms with van der Waals surface area (Å²) in [7, 11) is 1.68. The van der Waals surface area contributed by atoms with Crippen LogP contribution in [-0.2, 0) is 9.05 Å². The maximum absolute atomic E-state index is 12.8. The molecule has 0 saturated heterocycles. The lowest BCUT2D eigenvalue weighted by Crippen LogP contribution is -2.01. The Balaban J connectivity index is 2.22. The van der Waals surface area contributed by atoms with Gasteiger partial charge in [-0.05, 0) is 53.4 Å². The Bertz CT molecular complexity index is 493. The number of benzene rings is 1. The van der Waals surface area contributed by atoms with Crippen LogP contribution >= 0.6 is 26.6 Å². The summed E-state index contributed by atoms with van der Waals surface area (Å²) in [5.41, 5.74) is 0. The largest absolute Gasteiger partial charge is 0.492 e. The molecule has 0 N–H and O–H groups in total. The summed E-state index contributed by atoms with van der Waals surface area (Å²) in [6.45, 7) is 0.451. The minimum Gasteiger partial charge on any atom is -0.492 e. The van der Waals surface area contributed by atoms with Gasteiger partial charge in [-0.25, -0.2) is 12.8 Å². The van der Waals surface area contributed by atoms with E-state index in [-0.39, 0.29) is 11.6 Å². The molecule has 0 unspecified atom stereocenters. The molecule has 1 aromatic carbocycles. The first-order valence-corrected chi connectivity index (χ1v) is 8.66. The van der Waals surface area contributed by atoms with Gasteiger partial charge >= 0.3 is 0 Å². The van der Waals surface area contributed by atoms with E-state index in [0.29, 0.717) is 29.7 Å². The summed E-state index contributed by atoms with van der Waals surface area (Å²) in [4.78, 5) is 0. The van der Waals surface area contributed by atoms with E-state index in [9.17, 15) is 12.8 Å². The lowest BCUT2D eigenvalue weighted by molar-refractivity contribution is 0.304. The molecule has 0 fully saturated rings. The molecule has 1 rings (SSSR count). The van der Waals surface area contributed by atoms with Crippen LogP contribution in [0.5, 0.6) is 5.75 Å². The van der Waals surface area contributed by atoms with Crippen LogP contribution in [0.25, 0.3) is 0 Å². The highest BCUT2D eigenvalue weighted by Crippen LogP contribution is 2.25. The molecule has 0 aliphatic heterocycles. The number of hydrogen-bond acceptors (Lipinski definition) is 3. The van der Waals surface area contributed by atoms with Crippen molar-refractivity contribution in [2.45, 2.75) is 19.3 Å². The van der Waals surface area contributed by atoms with E-state index in [0.717, 1.165) is 6.42 Å². The minimum atomic E-state index is -3.39. The van der Waals surface area contributed by atoms with Gasteiger partial charge < -0.3 is 4.74 Å². The van der Waals surface area contributed by atoms with Crippen LogP contribution in [-0.4, -0.2) is 20.8 Å². The van der Waals surface area contributed by atoms with Crippen LogP contribution in [0.2, 0.25) is 0 Å². The van der Waals surface area contributed by atoms with Crippen molar-refractivity contribution in [3.63, 3.8) is 0 Å². The third kappa shape index (κ3) is 6.56. The smallest absolute Gasteiger partial charge is 0.232 e. The Morgan fingerprint density at radius 1 is 1.28 bits per heavy atom. The first-order chi connectivity index (χ1) is 8.38. The van der Waals surface area contributed by atoms with Crippen LogP contribution in [0.15, 0.2) is 22.7 Å². The minimum absolute atomic E-state index is 0.0190. The zero-order chi connectivity index (χ0) is 13.6. The maximum atomic E-state index is 12.8. The molecule has 0 radical (unpaired) electrons. The van der Waals surface area contributed by atoms with Crippen molar-refractivity contribution >= 4 is 35.7 Å². The van der Waals surface area contributed by atoms with Crippen molar-refractivity contribution in [1.29, 1.82) is 0 Å². The molecule has 0 atom stereocenters. The Hall–Kier alpha value is -0.330. The monoisotopic (exact) mass is 358 g/mol. The van der Waals surface area contributed by atoms with E-state index < -0.39 is 9.05 Å². The number of rotatable bonds is 7. The van der Waals surface area contributed by atoms with Crippen LogP contribution in [0, 0.1) is 5.82 Å². The van der Waals surface area contributed by atoms with Crippen LogP contribution < -0.4 is 4.74 Å². The van der Waals surface area contributed by atoms with E-state index in [4.69, 9.17) is 15.4 Å². The Kier molecular flexibility index (Phi) is 6.38. The van der Waals surface area contributed by atoms with Crippen molar-refractivity contribution in [2.24, 2.45) is 0 Å². The van der Waals surface area contributed by atoms with Crippen molar-refractivity contribution in [2.75, 3.05) is 12.4 Å². The molecule has 0 amide bonds. The quantitative estimate of drug-likeness (QED) is 0.550. The molecular weight excluding hydrogens is 347 g/mol. The van der Waals surface area contributed by atoms with E-state index in [1.807, 2.05) is 0 Å². The standard InChI is InChI=1S/C11H13BrClFO3S/c12-10-8-9(14)4-5-11(10)17-6-2-1-3-7-18(13,15)16/h4-5,8H,1-3,6-7H2. The predicted molar refractivity (Wildman–Crippen MR) is 73.1 cm³/mol. The van der Waals surface area contributed by atoms with Gasteiger partial charge in [0.25, 0.3) is 0 Å². The lowest BCUT2D eigenvalue weighted by Gasteiger charge is -2.07. The maximum Gasteiger partial charge on any atom is 0.232 e. The average Bonchev–Trinajstić information content (AvgIpc) is 2.24. The molecule has 0 aliphatic rings. The summed E-state index contributed by atoms with van der Waals surface area (Å²) >= 11 is 3.19. The number of ether oxygens (including phenoxy) is 1. The molecule has 0 bridgehead atoms. The normalized spacial score (nSPS) is 11.5. The highest BCUT2D eigenvalue weighted by atomic mass is 79.9. The lowest BCUT2D eigenvalue weighted by atomic mass is 10.2. The zero-order valence-electron chi connectivity index (χ0n) is 9.53. The second-order valence-electron chi connectivity index (χ2n) is 3.73. The molecule has 7 heteroatoms. The third-order valence-electron chi connectivity index (χ3n) is 2.18. The fourth-order valence-electron chi connectivity index (χ4n) is 1.33. The molecular formula is C11H13BrClFO3S. The second-order valence-corrected chi connectivity index (χ2v) is 7.48. The first-order valence-electron chi connectivity index (χ1n) is 5.39. The number of halogens is 3. The van der Waals surface area contributed by atoms with Crippen molar-refractivity contribution in [3.8, 4) is 5.75 Å².